The number of fused-ring (bicyclic) bond motifs is 1. The van der Waals surface area contributed by atoms with Crippen molar-refractivity contribution in [1.29, 1.82) is 0 Å². The second-order valence-electron chi connectivity index (χ2n) is 6.93. The molecule has 0 bridgehead atoms. The van der Waals surface area contributed by atoms with E-state index in [0.717, 1.165) is 24.4 Å². The van der Waals surface area contributed by atoms with Crippen molar-refractivity contribution in [1.82, 2.24) is 9.97 Å². The molecule has 0 aliphatic rings. The number of aromatic nitrogens is 2. The van der Waals surface area contributed by atoms with E-state index in [2.05, 4.69) is 23.8 Å². The number of amides is 1. The Bertz CT molecular complexity index is 696. The molecule has 0 saturated carbocycles. The molecule has 9 heteroatoms. The van der Waals surface area contributed by atoms with Gasteiger partial charge in [-0.05, 0) is 18.3 Å². The van der Waals surface area contributed by atoms with Gasteiger partial charge in [-0.3, -0.25) is 4.79 Å². The highest BCUT2D eigenvalue weighted by Gasteiger charge is 2.24. The molecule has 1 heterocycles. The van der Waals surface area contributed by atoms with Crippen LogP contribution in [0.25, 0.3) is 11.0 Å². The van der Waals surface area contributed by atoms with Crippen molar-refractivity contribution in [3.63, 3.8) is 0 Å². The predicted octanol–water partition coefficient (Wildman–Crippen LogP) is 3.22. The lowest BCUT2D eigenvalue weighted by atomic mass is 10.1. The predicted molar refractivity (Wildman–Crippen MR) is 98.3 cm³/mol. The number of carbonyl (C=O) groups is 1. The summed E-state index contributed by atoms with van der Waals surface area (Å²) in [6, 6.07) is 2.26. The normalized spacial score (nSPS) is 12.6. The maximum absolute atomic E-state index is 12.9. The Balaban J connectivity index is 0.000000276. The van der Waals surface area contributed by atoms with E-state index in [0.29, 0.717) is 23.4 Å². The fourth-order valence-electron chi connectivity index (χ4n) is 2.31. The summed E-state index contributed by atoms with van der Waals surface area (Å²) in [4.78, 5) is 35.3. The Kier molecular flexibility index (Phi) is 8.53. The lowest BCUT2D eigenvalue weighted by molar-refractivity contribution is -0.118. The van der Waals surface area contributed by atoms with Gasteiger partial charge in [-0.15, -0.1) is 0 Å². The Hall–Kier alpha value is -1.63. The number of rotatable bonds is 6. The SMILES string of the molecule is CC(C)CC(C(N)=O)P(O)O.CC(C)Cc1nc2cc(F)c(F)cc2[nH]1. The van der Waals surface area contributed by atoms with E-state index in [9.17, 15) is 13.6 Å². The quantitative estimate of drug-likeness (QED) is 0.568. The molecule has 0 spiro atoms. The number of halogens is 2. The largest absolute Gasteiger partial charge is 0.369 e. The molecule has 0 radical (unpaired) electrons. The molecule has 0 saturated heterocycles. The third-order valence-electron chi connectivity index (χ3n) is 3.48. The molecule has 0 fully saturated rings. The molecule has 1 amide bonds. The van der Waals surface area contributed by atoms with E-state index in [1.165, 1.54) is 0 Å². The first kappa shape index (κ1) is 22.4. The van der Waals surface area contributed by atoms with E-state index in [-0.39, 0.29) is 5.92 Å². The maximum Gasteiger partial charge on any atom is 0.229 e. The molecule has 1 atom stereocenters. The summed E-state index contributed by atoms with van der Waals surface area (Å²) in [6.45, 7) is 7.92. The fraction of sp³-hybridized carbons (Fsp3) is 0.529. The first-order valence-electron chi connectivity index (χ1n) is 8.31. The van der Waals surface area contributed by atoms with Crippen LogP contribution in [0.3, 0.4) is 0 Å². The highest BCUT2D eigenvalue weighted by molar-refractivity contribution is 7.47. The first-order chi connectivity index (χ1) is 12.0. The zero-order valence-electron chi connectivity index (χ0n) is 15.3. The van der Waals surface area contributed by atoms with Gasteiger partial charge in [-0.1, -0.05) is 27.7 Å². The van der Waals surface area contributed by atoms with Crippen molar-refractivity contribution in [2.24, 2.45) is 17.6 Å². The number of nitrogens with two attached hydrogens (primary N) is 1. The summed E-state index contributed by atoms with van der Waals surface area (Å²) in [7, 11) is -2.21. The number of nitrogens with one attached hydrogen (secondary N) is 1. The average Bonchev–Trinajstić information content (AvgIpc) is 2.85. The summed E-state index contributed by atoms with van der Waals surface area (Å²) < 4.78 is 25.8. The minimum absolute atomic E-state index is 0.247. The van der Waals surface area contributed by atoms with Crippen molar-refractivity contribution < 1.29 is 23.4 Å². The van der Waals surface area contributed by atoms with Gasteiger partial charge >= 0.3 is 0 Å². The summed E-state index contributed by atoms with van der Waals surface area (Å²) in [5.74, 6) is -0.857. The van der Waals surface area contributed by atoms with Crippen LogP contribution >= 0.6 is 8.38 Å². The minimum Gasteiger partial charge on any atom is -0.369 e. The zero-order valence-corrected chi connectivity index (χ0v) is 16.2. The lowest BCUT2D eigenvalue weighted by Crippen LogP contribution is -2.28. The summed E-state index contributed by atoms with van der Waals surface area (Å²) in [5, 5.41) is 0. The number of carbonyl (C=O) groups excluding carboxylic acids is 1. The summed E-state index contributed by atoms with van der Waals surface area (Å²) in [6.07, 6.45) is 1.21. The van der Waals surface area contributed by atoms with Gasteiger partial charge in [-0.2, -0.15) is 0 Å². The summed E-state index contributed by atoms with van der Waals surface area (Å²) in [5.41, 5.74) is 5.19. The van der Waals surface area contributed by atoms with Crippen molar-refractivity contribution in [3.8, 4) is 0 Å². The van der Waals surface area contributed by atoms with Gasteiger partial charge in [0, 0.05) is 18.6 Å². The van der Waals surface area contributed by atoms with Crippen molar-refractivity contribution in [3.05, 3.63) is 29.6 Å². The van der Waals surface area contributed by atoms with Crippen LogP contribution in [0.5, 0.6) is 0 Å². The van der Waals surface area contributed by atoms with E-state index in [1.807, 2.05) is 13.8 Å². The van der Waals surface area contributed by atoms with Gasteiger partial charge in [0.15, 0.2) is 20.0 Å². The van der Waals surface area contributed by atoms with Crippen molar-refractivity contribution in [2.45, 2.75) is 46.2 Å². The molecular formula is C17H26F2N3O3P. The molecule has 26 heavy (non-hydrogen) atoms. The van der Waals surface area contributed by atoms with E-state index < -0.39 is 31.6 Å². The molecule has 5 N–H and O–H groups in total. The van der Waals surface area contributed by atoms with Gasteiger partial charge in [0.25, 0.3) is 0 Å². The van der Waals surface area contributed by atoms with Crippen LogP contribution in [-0.2, 0) is 11.2 Å². The molecular weight excluding hydrogens is 363 g/mol. The molecule has 1 unspecified atom stereocenters. The highest BCUT2D eigenvalue weighted by Crippen LogP contribution is 2.34. The van der Waals surface area contributed by atoms with Crippen molar-refractivity contribution >= 4 is 25.3 Å². The molecule has 2 rings (SSSR count). The standard InChI is InChI=1S/C11H12F2N2.C6H14NO3P/c1-6(2)3-11-14-9-4-7(12)8(13)5-10(9)15-11;1-4(2)3-5(6(7)8)11(9)10/h4-6H,3H2,1-2H3,(H,14,15);4-5,9-10H,3H2,1-2H3,(H2,7,8). The average molecular weight is 389 g/mol. The lowest BCUT2D eigenvalue weighted by Gasteiger charge is -2.15. The maximum atomic E-state index is 12.9. The molecule has 6 nitrogen and oxygen atoms in total. The second-order valence-corrected chi connectivity index (χ2v) is 8.20. The Morgan fingerprint density at radius 1 is 1.19 bits per heavy atom. The number of hydrogen-bond acceptors (Lipinski definition) is 4. The Morgan fingerprint density at radius 3 is 2.19 bits per heavy atom. The minimum atomic E-state index is -2.21. The van der Waals surface area contributed by atoms with Crippen LogP contribution in [0.15, 0.2) is 12.1 Å². The molecule has 1 aromatic heterocycles. The van der Waals surface area contributed by atoms with Gasteiger partial charge < -0.3 is 20.5 Å². The van der Waals surface area contributed by atoms with Gasteiger partial charge in [0.05, 0.1) is 11.0 Å². The fourth-order valence-corrected chi connectivity index (χ4v) is 3.15. The van der Waals surface area contributed by atoms with Crippen LogP contribution in [0.1, 0.15) is 39.9 Å². The Morgan fingerprint density at radius 2 is 1.77 bits per heavy atom. The van der Waals surface area contributed by atoms with Crippen molar-refractivity contribution in [2.75, 3.05) is 0 Å². The summed E-state index contributed by atoms with van der Waals surface area (Å²) >= 11 is 0. The van der Waals surface area contributed by atoms with E-state index in [4.69, 9.17) is 15.5 Å². The number of hydrogen-bond donors (Lipinski definition) is 4. The van der Waals surface area contributed by atoms with Crippen LogP contribution in [0, 0.1) is 23.5 Å². The van der Waals surface area contributed by atoms with Crippen LogP contribution in [0.2, 0.25) is 0 Å². The second kappa shape index (κ2) is 9.90. The number of imidazole rings is 1. The van der Waals surface area contributed by atoms with E-state index in [1.54, 1.807) is 0 Å². The number of aromatic amines is 1. The third-order valence-corrected chi connectivity index (χ3v) is 4.50. The molecule has 146 valence electrons. The molecule has 2 aromatic rings. The number of nitrogens with zero attached hydrogens (tertiary/aromatic N) is 1. The highest BCUT2D eigenvalue weighted by atomic mass is 31.2. The monoisotopic (exact) mass is 389 g/mol. The van der Waals surface area contributed by atoms with Gasteiger partial charge in [0.2, 0.25) is 5.91 Å². The van der Waals surface area contributed by atoms with Crippen LogP contribution < -0.4 is 5.73 Å². The number of H-pyrrole nitrogens is 1. The smallest absolute Gasteiger partial charge is 0.229 e. The first-order valence-corrected chi connectivity index (χ1v) is 9.62. The Labute approximate surface area is 152 Å². The van der Waals surface area contributed by atoms with Crippen LogP contribution in [-0.4, -0.2) is 31.3 Å². The molecule has 0 aliphatic heterocycles. The van der Waals surface area contributed by atoms with E-state index >= 15 is 0 Å². The zero-order chi connectivity index (χ0) is 20.0. The molecule has 1 aromatic carbocycles. The molecule has 0 aliphatic carbocycles. The van der Waals surface area contributed by atoms with Gasteiger partial charge in [-0.25, -0.2) is 13.8 Å². The third kappa shape index (κ3) is 6.94. The van der Waals surface area contributed by atoms with Crippen LogP contribution in [0.4, 0.5) is 8.78 Å². The van der Waals surface area contributed by atoms with Gasteiger partial charge in [0.1, 0.15) is 11.5 Å². The number of benzene rings is 1. The number of primary amides is 1. The topological polar surface area (TPSA) is 112 Å².